The minimum absolute atomic E-state index is 0.256. The molecule has 2 rings (SSSR count). The standard InChI is InChI=1S/C14H13NO2/c15-14(16)10-11-6-8-13(9-7-11)17-12-4-2-1-3-5-12/h1-9H,10H2,(H2,15,16). The number of rotatable bonds is 4. The topological polar surface area (TPSA) is 52.3 Å². The van der Waals surface area contributed by atoms with Gasteiger partial charge in [-0.2, -0.15) is 0 Å². The fraction of sp³-hybridized carbons (Fsp3) is 0.0714. The minimum atomic E-state index is -0.332. The van der Waals surface area contributed by atoms with Gasteiger partial charge in [0, 0.05) is 0 Å². The Morgan fingerprint density at radius 2 is 1.53 bits per heavy atom. The lowest BCUT2D eigenvalue weighted by Crippen LogP contribution is -2.13. The SMILES string of the molecule is NC(=O)Cc1ccc(Oc2ccccc2)cc1. The minimum Gasteiger partial charge on any atom is -0.457 e. The van der Waals surface area contributed by atoms with Crippen molar-refractivity contribution in [3.8, 4) is 11.5 Å². The van der Waals surface area contributed by atoms with Crippen molar-refractivity contribution in [2.75, 3.05) is 0 Å². The molecule has 0 aliphatic heterocycles. The molecule has 0 saturated heterocycles. The molecule has 0 heterocycles. The number of ether oxygens (including phenoxy) is 1. The van der Waals surface area contributed by atoms with Crippen LogP contribution in [0.25, 0.3) is 0 Å². The maximum atomic E-state index is 10.7. The maximum absolute atomic E-state index is 10.7. The third kappa shape index (κ3) is 3.34. The van der Waals surface area contributed by atoms with Gasteiger partial charge in [0.15, 0.2) is 0 Å². The van der Waals surface area contributed by atoms with Crippen molar-refractivity contribution in [1.29, 1.82) is 0 Å². The van der Waals surface area contributed by atoms with E-state index in [9.17, 15) is 4.79 Å². The molecule has 0 unspecified atom stereocenters. The molecule has 3 nitrogen and oxygen atoms in total. The van der Waals surface area contributed by atoms with Crippen molar-refractivity contribution >= 4 is 5.91 Å². The molecule has 0 aliphatic carbocycles. The summed E-state index contributed by atoms with van der Waals surface area (Å²) in [5, 5.41) is 0. The molecule has 0 bridgehead atoms. The average Bonchev–Trinajstić information content (AvgIpc) is 2.32. The van der Waals surface area contributed by atoms with Crippen LogP contribution < -0.4 is 10.5 Å². The first kappa shape index (κ1) is 11.2. The Bertz CT molecular complexity index is 491. The van der Waals surface area contributed by atoms with Gasteiger partial charge in [-0.25, -0.2) is 0 Å². The molecular weight excluding hydrogens is 214 g/mol. The average molecular weight is 227 g/mol. The van der Waals surface area contributed by atoms with E-state index in [0.29, 0.717) is 0 Å². The van der Waals surface area contributed by atoms with E-state index in [1.165, 1.54) is 0 Å². The Balaban J connectivity index is 2.06. The van der Waals surface area contributed by atoms with Crippen LogP contribution in [-0.2, 0) is 11.2 Å². The Labute approximate surface area is 99.8 Å². The van der Waals surface area contributed by atoms with Gasteiger partial charge in [-0.3, -0.25) is 4.79 Å². The molecule has 0 saturated carbocycles. The molecule has 2 aromatic carbocycles. The van der Waals surface area contributed by atoms with Crippen LogP contribution in [0.5, 0.6) is 11.5 Å². The van der Waals surface area contributed by atoms with E-state index in [-0.39, 0.29) is 12.3 Å². The summed E-state index contributed by atoms with van der Waals surface area (Å²) in [4.78, 5) is 10.7. The molecule has 17 heavy (non-hydrogen) atoms. The number of primary amides is 1. The first-order chi connectivity index (χ1) is 8.24. The van der Waals surface area contributed by atoms with Crippen LogP contribution in [0.2, 0.25) is 0 Å². The predicted octanol–water partition coefficient (Wildman–Crippen LogP) is 2.51. The van der Waals surface area contributed by atoms with Gasteiger partial charge in [0.25, 0.3) is 0 Å². The van der Waals surface area contributed by atoms with E-state index < -0.39 is 0 Å². The molecule has 1 amide bonds. The van der Waals surface area contributed by atoms with Crippen LogP contribution >= 0.6 is 0 Å². The highest BCUT2D eigenvalue weighted by Gasteiger charge is 2.00. The zero-order valence-electron chi connectivity index (χ0n) is 9.30. The third-order valence-electron chi connectivity index (χ3n) is 2.28. The number of amides is 1. The van der Waals surface area contributed by atoms with Crippen molar-refractivity contribution in [3.63, 3.8) is 0 Å². The van der Waals surface area contributed by atoms with Crippen molar-refractivity contribution < 1.29 is 9.53 Å². The zero-order valence-corrected chi connectivity index (χ0v) is 9.30. The molecule has 2 N–H and O–H groups in total. The largest absolute Gasteiger partial charge is 0.457 e. The summed E-state index contributed by atoms with van der Waals surface area (Å²) in [6.07, 6.45) is 0.256. The smallest absolute Gasteiger partial charge is 0.221 e. The summed E-state index contributed by atoms with van der Waals surface area (Å²) in [5.41, 5.74) is 6.00. The molecule has 2 aromatic rings. The maximum Gasteiger partial charge on any atom is 0.221 e. The van der Waals surface area contributed by atoms with Crippen molar-refractivity contribution in [2.45, 2.75) is 6.42 Å². The fourth-order valence-corrected chi connectivity index (χ4v) is 1.50. The molecule has 86 valence electrons. The van der Waals surface area contributed by atoms with Crippen LogP contribution in [0.1, 0.15) is 5.56 Å². The summed E-state index contributed by atoms with van der Waals surface area (Å²) in [6.45, 7) is 0. The van der Waals surface area contributed by atoms with E-state index in [1.54, 1.807) is 0 Å². The highest BCUT2D eigenvalue weighted by molar-refractivity contribution is 5.76. The van der Waals surface area contributed by atoms with Gasteiger partial charge in [0.05, 0.1) is 6.42 Å². The lowest BCUT2D eigenvalue weighted by atomic mass is 10.1. The first-order valence-electron chi connectivity index (χ1n) is 5.34. The Kier molecular flexibility index (Phi) is 3.40. The van der Waals surface area contributed by atoms with Gasteiger partial charge in [0.1, 0.15) is 11.5 Å². The van der Waals surface area contributed by atoms with E-state index in [4.69, 9.17) is 10.5 Å². The van der Waals surface area contributed by atoms with Crippen molar-refractivity contribution in [3.05, 3.63) is 60.2 Å². The van der Waals surface area contributed by atoms with Gasteiger partial charge in [-0.15, -0.1) is 0 Å². The lowest BCUT2D eigenvalue weighted by molar-refractivity contribution is -0.117. The third-order valence-corrected chi connectivity index (χ3v) is 2.28. The molecule has 0 aromatic heterocycles. The van der Waals surface area contributed by atoms with Gasteiger partial charge in [-0.1, -0.05) is 30.3 Å². The molecule has 0 fully saturated rings. The van der Waals surface area contributed by atoms with Crippen LogP contribution in [0.3, 0.4) is 0 Å². The Morgan fingerprint density at radius 3 is 2.12 bits per heavy atom. The van der Waals surface area contributed by atoms with E-state index in [1.807, 2.05) is 54.6 Å². The number of benzene rings is 2. The van der Waals surface area contributed by atoms with Crippen LogP contribution in [0.15, 0.2) is 54.6 Å². The molecular formula is C14H13NO2. The molecule has 0 radical (unpaired) electrons. The summed E-state index contributed by atoms with van der Waals surface area (Å²) in [6, 6.07) is 16.9. The van der Waals surface area contributed by atoms with Gasteiger partial charge in [-0.05, 0) is 29.8 Å². The van der Waals surface area contributed by atoms with Crippen LogP contribution in [0, 0.1) is 0 Å². The highest BCUT2D eigenvalue weighted by atomic mass is 16.5. The van der Waals surface area contributed by atoms with Gasteiger partial charge < -0.3 is 10.5 Å². The summed E-state index contributed by atoms with van der Waals surface area (Å²) < 4.78 is 5.62. The monoisotopic (exact) mass is 227 g/mol. The molecule has 0 aliphatic rings. The predicted molar refractivity (Wildman–Crippen MR) is 65.9 cm³/mol. The van der Waals surface area contributed by atoms with E-state index in [2.05, 4.69) is 0 Å². The van der Waals surface area contributed by atoms with E-state index in [0.717, 1.165) is 17.1 Å². The normalized spacial score (nSPS) is 9.88. The molecule has 0 spiro atoms. The van der Waals surface area contributed by atoms with Gasteiger partial charge in [0.2, 0.25) is 5.91 Å². The number of carbonyl (C=O) groups excluding carboxylic acids is 1. The summed E-state index contributed by atoms with van der Waals surface area (Å²) >= 11 is 0. The summed E-state index contributed by atoms with van der Waals surface area (Å²) in [7, 11) is 0. The Hall–Kier alpha value is -2.29. The zero-order chi connectivity index (χ0) is 12.1. The quantitative estimate of drug-likeness (QED) is 0.872. The second-order valence-electron chi connectivity index (χ2n) is 3.70. The number of carbonyl (C=O) groups is 1. The van der Waals surface area contributed by atoms with Crippen LogP contribution in [0.4, 0.5) is 0 Å². The number of nitrogens with two attached hydrogens (primary N) is 1. The number of para-hydroxylation sites is 1. The Morgan fingerprint density at radius 1 is 0.941 bits per heavy atom. The second-order valence-corrected chi connectivity index (χ2v) is 3.70. The molecule has 0 atom stereocenters. The molecule has 3 heteroatoms. The highest BCUT2D eigenvalue weighted by Crippen LogP contribution is 2.21. The van der Waals surface area contributed by atoms with Crippen LogP contribution in [-0.4, -0.2) is 5.91 Å². The van der Waals surface area contributed by atoms with Crippen molar-refractivity contribution in [2.24, 2.45) is 5.73 Å². The van der Waals surface area contributed by atoms with Gasteiger partial charge >= 0.3 is 0 Å². The van der Waals surface area contributed by atoms with Crippen molar-refractivity contribution in [1.82, 2.24) is 0 Å². The number of hydrogen-bond donors (Lipinski definition) is 1. The fourth-order valence-electron chi connectivity index (χ4n) is 1.50. The second kappa shape index (κ2) is 5.16. The lowest BCUT2D eigenvalue weighted by Gasteiger charge is -2.05. The first-order valence-corrected chi connectivity index (χ1v) is 5.34. The summed E-state index contributed by atoms with van der Waals surface area (Å²) in [5.74, 6) is 1.20. The van der Waals surface area contributed by atoms with E-state index >= 15 is 0 Å². The number of hydrogen-bond acceptors (Lipinski definition) is 2.